The molecule has 0 heterocycles. The van der Waals surface area contributed by atoms with E-state index in [2.05, 4.69) is 37.5 Å². The predicted octanol–water partition coefficient (Wildman–Crippen LogP) is 3.41. The van der Waals surface area contributed by atoms with Crippen molar-refractivity contribution in [1.82, 2.24) is 10.6 Å². The molecule has 0 fully saturated rings. The smallest absolute Gasteiger partial charge is 0.220 e. The molecule has 6 heteroatoms. The van der Waals surface area contributed by atoms with Crippen LogP contribution in [-0.4, -0.2) is 37.9 Å². The fourth-order valence-corrected chi connectivity index (χ4v) is 2.85. The molecule has 124 valence electrons. The largest absolute Gasteiger partial charge is 0.353 e. The van der Waals surface area contributed by atoms with Crippen LogP contribution in [-0.2, 0) is 8.98 Å². The highest BCUT2D eigenvalue weighted by atomic mass is 33.1. The number of amides is 1. The molecule has 21 heavy (non-hydrogen) atoms. The molecule has 0 rings (SSSR count). The Morgan fingerprint density at radius 3 is 2.86 bits per heavy atom. The van der Waals surface area contributed by atoms with E-state index >= 15 is 0 Å². The molecule has 0 atom stereocenters. The average Bonchev–Trinajstić information content (AvgIpc) is 2.45. The molecular formula is C15H30N2O2S2. The molecule has 0 saturated carbocycles. The maximum atomic E-state index is 11.5. The molecule has 0 aromatic heterocycles. The lowest BCUT2D eigenvalue weighted by Crippen LogP contribution is -2.22. The number of hydrogen-bond acceptors (Lipinski definition) is 5. The van der Waals surface area contributed by atoms with E-state index in [1.54, 1.807) is 10.8 Å². The van der Waals surface area contributed by atoms with Crippen LogP contribution in [0.3, 0.4) is 0 Å². The second-order valence-electron chi connectivity index (χ2n) is 5.00. The molecule has 0 unspecified atom stereocenters. The Balaban J connectivity index is 3.21. The molecule has 0 radical (unpaired) electrons. The minimum absolute atomic E-state index is 0.121. The van der Waals surface area contributed by atoms with Crippen molar-refractivity contribution in [3.8, 4) is 0 Å². The molecule has 0 aliphatic rings. The Morgan fingerprint density at radius 1 is 1.33 bits per heavy atom. The Bertz CT molecular complexity index is 274. The predicted molar refractivity (Wildman–Crippen MR) is 95.4 cm³/mol. The highest BCUT2D eigenvalue weighted by Crippen LogP contribution is 2.21. The summed E-state index contributed by atoms with van der Waals surface area (Å²) < 4.78 is 5.43. The minimum atomic E-state index is 0.121. The summed E-state index contributed by atoms with van der Waals surface area (Å²) in [4.78, 5) is 11.5. The molecule has 0 aromatic rings. The number of carbonyl (C=O) groups excluding carboxylic acids is 1. The summed E-state index contributed by atoms with van der Waals surface area (Å²) in [7, 11) is 1.72. The number of nitrogens with one attached hydrogen (secondary N) is 2. The fraction of sp³-hybridized carbons (Fsp3) is 0.800. The summed E-state index contributed by atoms with van der Waals surface area (Å²) in [6.07, 6.45) is 6.49. The maximum Gasteiger partial charge on any atom is 0.220 e. The summed E-state index contributed by atoms with van der Waals surface area (Å²) in [5.74, 6) is 1.70. The van der Waals surface area contributed by atoms with Crippen LogP contribution in [0.1, 0.15) is 40.0 Å². The van der Waals surface area contributed by atoms with Crippen molar-refractivity contribution >= 4 is 27.8 Å². The zero-order chi connectivity index (χ0) is 15.8. The lowest BCUT2D eigenvalue weighted by Gasteiger charge is -2.04. The van der Waals surface area contributed by atoms with Crippen LogP contribution < -0.4 is 10.6 Å². The number of allylic oxidation sites excluding steroid dienone is 1. The average molecular weight is 335 g/mol. The van der Waals surface area contributed by atoms with Gasteiger partial charge in [0.2, 0.25) is 5.91 Å². The lowest BCUT2D eigenvalue weighted by atomic mass is 10.2. The Labute approximate surface area is 137 Å². The van der Waals surface area contributed by atoms with Gasteiger partial charge in [0.05, 0.1) is 17.7 Å². The van der Waals surface area contributed by atoms with Crippen LogP contribution in [0.5, 0.6) is 0 Å². The Kier molecular flexibility index (Phi) is 16.1. The highest BCUT2D eigenvalue weighted by molar-refractivity contribution is 8.74. The zero-order valence-corrected chi connectivity index (χ0v) is 15.2. The van der Waals surface area contributed by atoms with Gasteiger partial charge in [0.25, 0.3) is 0 Å². The van der Waals surface area contributed by atoms with E-state index in [-0.39, 0.29) is 5.91 Å². The van der Waals surface area contributed by atoms with Gasteiger partial charge in [-0.15, -0.1) is 0 Å². The topological polar surface area (TPSA) is 50.4 Å². The van der Waals surface area contributed by atoms with E-state index in [0.717, 1.165) is 31.7 Å². The molecule has 2 N–H and O–H groups in total. The van der Waals surface area contributed by atoms with Crippen LogP contribution in [0.25, 0.3) is 0 Å². The third-order valence-corrected chi connectivity index (χ3v) is 4.34. The third kappa shape index (κ3) is 17.8. The first-order valence-electron chi connectivity index (χ1n) is 7.72. The number of carbonyl (C=O) groups is 1. The van der Waals surface area contributed by atoms with Gasteiger partial charge in [-0.1, -0.05) is 43.7 Å². The van der Waals surface area contributed by atoms with Gasteiger partial charge in [-0.25, -0.2) is 0 Å². The monoisotopic (exact) mass is 334 g/mol. The van der Waals surface area contributed by atoms with E-state index < -0.39 is 0 Å². The summed E-state index contributed by atoms with van der Waals surface area (Å²) in [5.41, 5.74) is 0. The van der Waals surface area contributed by atoms with Crippen molar-refractivity contribution < 1.29 is 8.98 Å². The third-order valence-electron chi connectivity index (χ3n) is 2.53. The number of hydrogen-bond donors (Lipinski definition) is 2. The highest BCUT2D eigenvalue weighted by Gasteiger charge is 1.99. The van der Waals surface area contributed by atoms with E-state index in [9.17, 15) is 4.79 Å². The summed E-state index contributed by atoms with van der Waals surface area (Å²) in [6, 6.07) is 0. The van der Waals surface area contributed by atoms with Crippen molar-refractivity contribution in [2.24, 2.45) is 5.92 Å². The van der Waals surface area contributed by atoms with Gasteiger partial charge in [0, 0.05) is 25.3 Å². The minimum Gasteiger partial charge on any atom is -0.353 e. The van der Waals surface area contributed by atoms with Gasteiger partial charge >= 0.3 is 0 Å². The van der Waals surface area contributed by atoms with E-state index in [4.69, 9.17) is 4.18 Å². The molecule has 0 aromatic carbocycles. The van der Waals surface area contributed by atoms with Crippen LogP contribution in [0.4, 0.5) is 0 Å². The standard InChI is InChI=1S/C15H30N2O2S2/c1-4-16-11-13-20-21-19-12-6-5-9-15(18)17-10-7-8-14(2)3/h7-8,14,16H,4-6,9-13H2,1-3H3,(H,17,18)/b8-7+. The Morgan fingerprint density at radius 2 is 2.14 bits per heavy atom. The van der Waals surface area contributed by atoms with Crippen molar-refractivity contribution in [2.45, 2.75) is 40.0 Å². The van der Waals surface area contributed by atoms with Crippen molar-refractivity contribution in [3.63, 3.8) is 0 Å². The SMILES string of the molecule is CCNCCSSOCCCCC(=O)NC/C=C/C(C)C. The number of unbranched alkanes of at least 4 members (excludes halogenated alkanes) is 1. The summed E-state index contributed by atoms with van der Waals surface area (Å²) in [6.45, 7) is 9.71. The molecule has 0 aliphatic heterocycles. The Hall–Kier alpha value is -0.170. The first kappa shape index (κ1) is 20.8. The molecule has 0 spiro atoms. The lowest BCUT2D eigenvalue weighted by molar-refractivity contribution is -0.121. The molecule has 4 nitrogen and oxygen atoms in total. The van der Waals surface area contributed by atoms with Crippen LogP contribution in [0, 0.1) is 5.92 Å². The van der Waals surface area contributed by atoms with E-state index in [0.29, 0.717) is 25.5 Å². The van der Waals surface area contributed by atoms with Gasteiger partial charge in [-0.3, -0.25) is 4.79 Å². The first-order valence-corrected chi connectivity index (χ1v) is 9.96. The zero-order valence-electron chi connectivity index (χ0n) is 13.5. The van der Waals surface area contributed by atoms with Gasteiger partial charge in [0.15, 0.2) is 0 Å². The molecule has 0 saturated heterocycles. The van der Waals surface area contributed by atoms with Crippen LogP contribution >= 0.6 is 21.9 Å². The number of rotatable bonds is 14. The second kappa shape index (κ2) is 16.2. The van der Waals surface area contributed by atoms with Gasteiger partial charge in [-0.05, 0) is 25.3 Å². The molecule has 0 bridgehead atoms. The quantitative estimate of drug-likeness (QED) is 0.221. The molecule has 0 aliphatic carbocycles. The van der Waals surface area contributed by atoms with Crippen LogP contribution in [0.15, 0.2) is 12.2 Å². The molecular weight excluding hydrogens is 304 g/mol. The second-order valence-corrected chi connectivity index (χ2v) is 7.13. The van der Waals surface area contributed by atoms with Crippen molar-refractivity contribution in [1.29, 1.82) is 0 Å². The normalized spacial score (nSPS) is 11.4. The summed E-state index contributed by atoms with van der Waals surface area (Å²) >= 11 is 1.45. The molecule has 1 amide bonds. The fourth-order valence-electron chi connectivity index (χ4n) is 1.44. The van der Waals surface area contributed by atoms with Crippen molar-refractivity contribution in [2.75, 3.05) is 32.0 Å². The van der Waals surface area contributed by atoms with Gasteiger partial charge in [0.1, 0.15) is 0 Å². The maximum absolute atomic E-state index is 11.5. The first-order chi connectivity index (χ1) is 10.2. The van der Waals surface area contributed by atoms with Gasteiger partial charge in [-0.2, -0.15) is 0 Å². The van der Waals surface area contributed by atoms with Crippen LogP contribution in [0.2, 0.25) is 0 Å². The van der Waals surface area contributed by atoms with Crippen molar-refractivity contribution in [3.05, 3.63) is 12.2 Å². The van der Waals surface area contributed by atoms with Gasteiger partial charge < -0.3 is 14.8 Å². The summed E-state index contributed by atoms with van der Waals surface area (Å²) in [5, 5.41) is 6.15. The van der Waals surface area contributed by atoms with E-state index in [1.165, 1.54) is 11.1 Å². The van der Waals surface area contributed by atoms with E-state index in [1.807, 2.05) is 6.08 Å².